The third kappa shape index (κ3) is 7.10. The highest BCUT2D eigenvalue weighted by atomic mass is 32.2. The first kappa shape index (κ1) is 35.8. The zero-order chi connectivity index (χ0) is 37.7. The smallest absolute Gasteiger partial charge is 0.296 e. The second kappa shape index (κ2) is 12.9. The number of nitrogen functional groups attached to an aromatic ring is 2. The van der Waals surface area contributed by atoms with Gasteiger partial charge < -0.3 is 21.7 Å². The van der Waals surface area contributed by atoms with Gasteiger partial charge in [0.2, 0.25) is 0 Å². The van der Waals surface area contributed by atoms with Crippen LogP contribution in [0.25, 0.3) is 32.7 Å². The zero-order valence-corrected chi connectivity index (χ0v) is 28.5. The maximum absolute atomic E-state index is 12.2. The molecule has 20 heteroatoms. The first-order valence-electron chi connectivity index (χ1n) is 14.4. The van der Waals surface area contributed by atoms with Gasteiger partial charge >= 0.3 is 0 Å². The Labute approximate surface area is 294 Å². The van der Waals surface area contributed by atoms with Gasteiger partial charge in [-0.25, -0.2) is 0 Å². The molecule has 0 fully saturated rings. The number of hydrogen-bond donors (Lipinski definition) is 7. The lowest BCUT2D eigenvalue weighted by Gasteiger charge is -2.12. The largest absolute Gasteiger partial charge is 0.505 e. The molecule has 0 unspecified atom stereocenters. The Hall–Kier alpha value is -6.03. The van der Waals surface area contributed by atoms with Crippen molar-refractivity contribution in [2.24, 2.45) is 20.5 Å². The maximum atomic E-state index is 12.2. The van der Waals surface area contributed by atoms with Crippen LogP contribution < -0.4 is 11.5 Å². The summed E-state index contributed by atoms with van der Waals surface area (Å²) in [6, 6.07) is 20.8. The van der Waals surface area contributed by atoms with Gasteiger partial charge in [0.1, 0.15) is 21.2 Å². The number of fused-ring (bicyclic) bond motifs is 2. The number of nitrogens with zero attached hydrogens (tertiary/aromatic N) is 4. The molecule has 0 atom stereocenters. The Balaban J connectivity index is 1.27. The summed E-state index contributed by atoms with van der Waals surface area (Å²) < 4.78 is 101. The van der Waals surface area contributed by atoms with Gasteiger partial charge in [-0.3, -0.25) is 13.7 Å². The summed E-state index contributed by atoms with van der Waals surface area (Å²) in [4.78, 5) is -2.24. The molecule has 6 aromatic rings. The Bertz CT molecular complexity index is 2850. The van der Waals surface area contributed by atoms with Crippen molar-refractivity contribution in [1.82, 2.24) is 0 Å². The molecule has 9 N–H and O–H groups in total. The summed E-state index contributed by atoms with van der Waals surface area (Å²) in [5, 5.41) is 37.4. The molecule has 0 saturated carbocycles. The summed E-state index contributed by atoms with van der Waals surface area (Å²) in [7, 11) is -14.6. The Morgan fingerprint density at radius 2 is 0.981 bits per heavy atom. The summed E-state index contributed by atoms with van der Waals surface area (Å²) in [5.41, 5.74) is 12.3. The monoisotopic (exact) mass is 764 g/mol. The molecule has 0 spiro atoms. The van der Waals surface area contributed by atoms with Gasteiger partial charge in [0.25, 0.3) is 30.4 Å². The molecule has 0 aliphatic heterocycles. The van der Waals surface area contributed by atoms with E-state index in [1.165, 1.54) is 30.3 Å². The van der Waals surface area contributed by atoms with Crippen LogP contribution in [0.4, 0.5) is 34.1 Å². The van der Waals surface area contributed by atoms with Crippen LogP contribution in [-0.2, 0) is 30.4 Å². The molecule has 0 heterocycles. The van der Waals surface area contributed by atoms with Crippen LogP contribution in [0, 0.1) is 0 Å². The number of benzene rings is 6. The number of nitrogens with two attached hydrogens (primary N) is 2. The first-order chi connectivity index (χ1) is 24.3. The Kier molecular flexibility index (Phi) is 8.90. The lowest BCUT2D eigenvalue weighted by molar-refractivity contribution is 0.471. The van der Waals surface area contributed by atoms with E-state index in [-0.39, 0.29) is 38.6 Å². The van der Waals surface area contributed by atoms with E-state index in [1.807, 2.05) is 0 Å². The van der Waals surface area contributed by atoms with Gasteiger partial charge in [-0.1, -0.05) is 24.3 Å². The lowest BCUT2D eigenvalue weighted by atomic mass is 10.1. The molecule has 0 radical (unpaired) electrons. The summed E-state index contributed by atoms with van der Waals surface area (Å²) in [5.74, 6) is -1.34. The molecule has 0 aromatic heterocycles. The van der Waals surface area contributed by atoms with Gasteiger partial charge in [0, 0.05) is 22.1 Å². The molecule has 0 aliphatic carbocycles. The average Bonchev–Trinajstić information content (AvgIpc) is 3.06. The number of phenolic OH excluding ortho intramolecular Hbond substituents is 2. The van der Waals surface area contributed by atoms with Crippen molar-refractivity contribution in [1.29, 1.82) is 0 Å². The van der Waals surface area contributed by atoms with E-state index >= 15 is 0 Å². The minimum absolute atomic E-state index is 0.192. The van der Waals surface area contributed by atoms with E-state index in [0.29, 0.717) is 16.8 Å². The Morgan fingerprint density at radius 1 is 0.500 bits per heavy atom. The zero-order valence-electron chi connectivity index (χ0n) is 26.0. The van der Waals surface area contributed by atoms with Crippen LogP contribution in [0.15, 0.2) is 126 Å². The summed E-state index contributed by atoms with van der Waals surface area (Å²) in [6.07, 6.45) is 0. The van der Waals surface area contributed by atoms with Crippen LogP contribution in [0.1, 0.15) is 0 Å². The van der Waals surface area contributed by atoms with Gasteiger partial charge in [0.05, 0.1) is 16.3 Å². The predicted octanol–water partition coefficient (Wildman–Crippen LogP) is 6.81. The van der Waals surface area contributed by atoms with Crippen LogP contribution in [0.2, 0.25) is 0 Å². The molecular weight excluding hydrogens is 741 g/mol. The molecule has 6 rings (SSSR count). The predicted molar refractivity (Wildman–Crippen MR) is 190 cm³/mol. The Morgan fingerprint density at radius 3 is 1.46 bits per heavy atom. The molecule has 0 saturated heterocycles. The fraction of sp³-hybridized carbons (Fsp3) is 0. The molecule has 266 valence electrons. The molecule has 6 aromatic carbocycles. The van der Waals surface area contributed by atoms with Crippen LogP contribution >= 0.6 is 0 Å². The third-order valence-corrected chi connectivity index (χ3v) is 10.2. The standard InChI is InChI=1S/C32H24N6O11S3/c33-20-5-10-24-18(11-20)13-26(51(44,45)46)29(31(24)39)37-35-21-6-1-16(2-7-21)17-3-8-22(9-4-17)36-38-30-27(52(47,48)49)14-19-12-23(50(41,42)43)15-25(34)28(19)32(30)40/h1-15,39-40H,33-34H2,(H,41,42,43)(H,44,45,46)(H,47,48,49). The summed E-state index contributed by atoms with van der Waals surface area (Å²) >= 11 is 0. The van der Waals surface area contributed by atoms with E-state index in [9.17, 15) is 49.1 Å². The van der Waals surface area contributed by atoms with Crippen molar-refractivity contribution >= 4 is 86.0 Å². The number of aromatic hydroxyl groups is 2. The van der Waals surface area contributed by atoms with Crippen molar-refractivity contribution in [2.75, 3.05) is 11.5 Å². The van der Waals surface area contributed by atoms with Crippen LogP contribution in [-0.4, -0.2) is 49.1 Å². The van der Waals surface area contributed by atoms with E-state index in [1.54, 1.807) is 36.4 Å². The van der Waals surface area contributed by atoms with Gasteiger partial charge in [-0.2, -0.15) is 35.5 Å². The third-order valence-electron chi connectivity index (χ3n) is 7.68. The van der Waals surface area contributed by atoms with Crippen molar-refractivity contribution in [2.45, 2.75) is 14.7 Å². The highest BCUT2D eigenvalue weighted by Gasteiger charge is 2.25. The van der Waals surface area contributed by atoms with E-state index in [2.05, 4.69) is 20.5 Å². The quantitative estimate of drug-likeness (QED) is 0.0476. The minimum atomic E-state index is -5.04. The highest BCUT2D eigenvalue weighted by molar-refractivity contribution is 7.86. The number of hydrogen-bond acceptors (Lipinski definition) is 14. The fourth-order valence-corrected chi connectivity index (χ4v) is 7.12. The number of anilines is 2. The highest BCUT2D eigenvalue weighted by Crippen LogP contribution is 2.45. The van der Waals surface area contributed by atoms with Crippen molar-refractivity contribution in [3.05, 3.63) is 91.0 Å². The summed E-state index contributed by atoms with van der Waals surface area (Å²) in [6.45, 7) is 0. The minimum Gasteiger partial charge on any atom is -0.505 e. The van der Waals surface area contributed by atoms with Gasteiger partial charge in [-0.15, -0.1) is 10.2 Å². The van der Waals surface area contributed by atoms with E-state index in [0.717, 1.165) is 24.3 Å². The topological polar surface area (TPSA) is 305 Å². The molecule has 0 bridgehead atoms. The number of phenols is 2. The average molecular weight is 765 g/mol. The van der Waals surface area contributed by atoms with Crippen LogP contribution in [0.5, 0.6) is 11.5 Å². The van der Waals surface area contributed by atoms with Crippen molar-refractivity contribution in [3.8, 4) is 22.6 Å². The second-order valence-electron chi connectivity index (χ2n) is 11.2. The second-order valence-corrected chi connectivity index (χ2v) is 15.4. The number of rotatable bonds is 8. The fourth-order valence-electron chi connectivity index (χ4n) is 5.25. The van der Waals surface area contributed by atoms with Crippen molar-refractivity contribution < 1.29 is 49.1 Å². The van der Waals surface area contributed by atoms with Gasteiger partial charge in [0.15, 0.2) is 11.5 Å². The maximum Gasteiger partial charge on any atom is 0.296 e. The molecule has 0 amide bonds. The SMILES string of the molecule is Nc1ccc2c(O)c(N=Nc3ccc(-c4ccc(N=Nc5c(S(=O)(=O)O)cc6cc(S(=O)(=O)O)cc(N)c6c5O)cc4)cc3)c(S(=O)(=O)O)cc2c1. The van der Waals surface area contributed by atoms with Crippen LogP contribution in [0.3, 0.4) is 0 Å². The number of azo groups is 2. The first-order valence-corrected chi connectivity index (χ1v) is 18.7. The normalized spacial score (nSPS) is 12.8. The van der Waals surface area contributed by atoms with E-state index in [4.69, 9.17) is 11.5 Å². The van der Waals surface area contributed by atoms with Crippen molar-refractivity contribution in [3.63, 3.8) is 0 Å². The van der Waals surface area contributed by atoms with Gasteiger partial charge in [-0.05, 0) is 88.6 Å². The molecular formula is C32H24N6O11S3. The molecule has 17 nitrogen and oxygen atoms in total. The van der Waals surface area contributed by atoms with E-state index < -0.39 is 67.9 Å². The molecule has 0 aliphatic rings. The molecule has 52 heavy (non-hydrogen) atoms. The lowest BCUT2D eigenvalue weighted by Crippen LogP contribution is -2.02.